The molecule has 4 rings (SSSR count). The van der Waals surface area contributed by atoms with Crippen LogP contribution in [0.2, 0.25) is 0 Å². The van der Waals surface area contributed by atoms with Gasteiger partial charge in [-0.1, -0.05) is 13.0 Å². The Morgan fingerprint density at radius 1 is 1.18 bits per heavy atom. The van der Waals surface area contributed by atoms with Crippen molar-refractivity contribution in [1.82, 2.24) is 10.2 Å². The summed E-state index contributed by atoms with van der Waals surface area (Å²) < 4.78 is 0. The van der Waals surface area contributed by atoms with Crippen LogP contribution in [0.25, 0.3) is 6.08 Å². The summed E-state index contributed by atoms with van der Waals surface area (Å²) >= 11 is 0.989. The van der Waals surface area contributed by atoms with Gasteiger partial charge >= 0.3 is 0 Å². The van der Waals surface area contributed by atoms with Crippen LogP contribution in [-0.4, -0.2) is 49.3 Å². The molecular weight excluding hydrogens is 370 g/mol. The van der Waals surface area contributed by atoms with E-state index in [-0.39, 0.29) is 11.1 Å². The monoisotopic (exact) mass is 399 g/mol. The van der Waals surface area contributed by atoms with E-state index in [1.807, 2.05) is 6.08 Å². The van der Waals surface area contributed by atoms with Crippen molar-refractivity contribution < 1.29 is 9.59 Å². The third-order valence-electron chi connectivity index (χ3n) is 6.27. The van der Waals surface area contributed by atoms with Gasteiger partial charge in [-0.05, 0) is 98.8 Å². The lowest BCUT2D eigenvalue weighted by Gasteiger charge is -2.41. The zero-order chi connectivity index (χ0) is 19.7. The van der Waals surface area contributed by atoms with Crippen LogP contribution in [0.3, 0.4) is 0 Å². The summed E-state index contributed by atoms with van der Waals surface area (Å²) in [6, 6.07) is 6.57. The molecule has 0 bridgehead atoms. The minimum absolute atomic E-state index is 0.285. The second kappa shape index (κ2) is 8.29. The molecule has 2 saturated heterocycles. The van der Waals surface area contributed by atoms with Gasteiger partial charge in [0, 0.05) is 18.8 Å². The van der Waals surface area contributed by atoms with E-state index in [9.17, 15) is 9.59 Å². The second-order valence-corrected chi connectivity index (χ2v) is 9.21. The normalized spacial score (nSPS) is 25.3. The maximum absolute atomic E-state index is 11.9. The number of piperidine rings is 1. The average molecular weight is 400 g/mol. The van der Waals surface area contributed by atoms with E-state index in [4.69, 9.17) is 0 Å². The highest BCUT2D eigenvalue weighted by atomic mass is 32.2. The summed E-state index contributed by atoms with van der Waals surface area (Å²) in [6.07, 6.45) is 6.72. The molecule has 1 atom stereocenters. The number of benzene rings is 1. The Morgan fingerprint density at radius 2 is 1.96 bits per heavy atom. The maximum Gasteiger partial charge on any atom is 0.290 e. The fourth-order valence-electron chi connectivity index (χ4n) is 4.81. The molecule has 28 heavy (non-hydrogen) atoms. The summed E-state index contributed by atoms with van der Waals surface area (Å²) in [5.74, 6) is 1.03. The Bertz CT molecular complexity index is 799. The van der Waals surface area contributed by atoms with Crippen LogP contribution in [-0.2, 0) is 4.79 Å². The zero-order valence-corrected chi connectivity index (χ0v) is 17.6. The van der Waals surface area contributed by atoms with Crippen molar-refractivity contribution in [3.63, 3.8) is 0 Å². The van der Waals surface area contributed by atoms with Crippen LogP contribution >= 0.6 is 11.8 Å². The fourth-order valence-corrected chi connectivity index (χ4v) is 5.50. The first-order valence-corrected chi connectivity index (χ1v) is 11.2. The Morgan fingerprint density at radius 3 is 2.64 bits per heavy atom. The first kappa shape index (κ1) is 19.5. The molecule has 3 heterocycles. The molecule has 3 aliphatic rings. The topological polar surface area (TPSA) is 52.6 Å². The van der Waals surface area contributed by atoms with Gasteiger partial charge in [0.2, 0.25) is 0 Å². The molecular formula is C22H29N3O2S. The summed E-state index contributed by atoms with van der Waals surface area (Å²) in [7, 11) is 2.21. The molecule has 150 valence electrons. The Balaban J connectivity index is 1.66. The molecule has 1 aromatic carbocycles. The molecule has 1 unspecified atom stereocenters. The van der Waals surface area contributed by atoms with Crippen molar-refractivity contribution in [1.29, 1.82) is 0 Å². The van der Waals surface area contributed by atoms with Gasteiger partial charge in [-0.25, -0.2) is 0 Å². The number of hydrogen-bond donors (Lipinski definition) is 1. The van der Waals surface area contributed by atoms with E-state index in [0.717, 1.165) is 42.8 Å². The molecule has 2 amide bonds. The highest BCUT2D eigenvalue weighted by Crippen LogP contribution is 2.43. The zero-order valence-electron chi connectivity index (χ0n) is 16.7. The Labute approximate surface area is 171 Å². The molecule has 0 aromatic heterocycles. The molecule has 0 aliphatic carbocycles. The lowest BCUT2D eigenvalue weighted by atomic mass is 9.75. The summed E-state index contributed by atoms with van der Waals surface area (Å²) in [4.78, 5) is 28.8. The first-order chi connectivity index (χ1) is 13.5. The lowest BCUT2D eigenvalue weighted by molar-refractivity contribution is -0.115. The van der Waals surface area contributed by atoms with Crippen molar-refractivity contribution in [2.45, 2.75) is 38.5 Å². The number of likely N-dealkylation sites (tertiary alicyclic amines) is 1. The highest BCUT2D eigenvalue weighted by molar-refractivity contribution is 8.18. The minimum Gasteiger partial charge on any atom is -0.371 e. The van der Waals surface area contributed by atoms with Gasteiger partial charge < -0.3 is 9.80 Å². The molecule has 3 aliphatic heterocycles. The largest absolute Gasteiger partial charge is 0.371 e. The highest BCUT2D eigenvalue weighted by Gasteiger charge is 2.33. The van der Waals surface area contributed by atoms with E-state index in [0.29, 0.717) is 10.8 Å². The van der Waals surface area contributed by atoms with E-state index in [2.05, 4.69) is 47.3 Å². The van der Waals surface area contributed by atoms with Crippen LogP contribution in [0.5, 0.6) is 0 Å². The van der Waals surface area contributed by atoms with Crippen LogP contribution in [0.1, 0.15) is 49.7 Å². The van der Waals surface area contributed by atoms with Gasteiger partial charge in [-0.3, -0.25) is 14.9 Å². The number of fused-ring (bicyclic) bond motifs is 1. The molecule has 1 N–H and O–H groups in total. The maximum atomic E-state index is 11.9. The number of amides is 2. The summed E-state index contributed by atoms with van der Waals surface area (Å²) in [6.45, 7) is 6.80. The van der Waals surface area contributed by atoms with Gasteiger partial charge in [0.25, 0.3) is 11.1 Å². The van der Waals surface area contributed by atoms with Crippen molar-refractivity contribution >= 4 is 34.7 Å². The number of nitrogens with one attached hydrogen (secondary N) is 1. The van der Waals surface area contributed by atoms with Crippen molar-refractivity contribution in [2.24, 2.45) is 5.92 Å². The smallest absolute Gasteiger partial charge is 0.290 e. The molecule has 0 spiro atoms. The fraction of sp³-hybridized carbons (Fsp3) is 0.545. The van der Waals surface area contributed by atoms with Crippen molar-refractivity contribution in [3.05, 3.63) is 34.2 Å². The standard InChI is InChI=1S/C22H29N3O2S/c1-3-9-25-12-8-17(16-6-10-24(2)11-7-16)18-13-15(4-5-19(18)25)14-20-21(26)23-22(27)28-20/h4-5,13-14,16-17H,3,6-12H2,1-2H3,(H,23,26,27)/b20-14-. The number of nitrogens with zero attached hydrogens (tertiary/aromatic N) is 2. The number of imide groups is 1. The Kier molecular flexibility index (Phi) is 5.78. The van der Waals surface area contributed by atoms with E-state index < -0.39 is 0 Å². The van der Waals surface area contributed by atoms with Gasteiger partial charge in [0.1, 0.15) is 0 Å². The van der Waals surface area contributed by atoms with E-state index in [1.165, 1.54) is 43.6 Å². The Hall–Kier alpha value is -1.79. The number of carbonyl (C=O) groups excluding carboxylic acids is 2. The molecule has 2 fully saturated rings. The molecule has 0 radical (unpaired) electrons. The number of anilines is 1. The van der Waals surface area contributed by atoms with Gasteiger partial charge in [0.15, 0.2) is 0 Å². The summed E-state index contributed by atoms with van der Waals surface area (Å²) in [5.41, 5.74) is 3.81. The molecule has 1 aromatic rings. The van der Waals surface area contributed by atoms with Gasteiger partial charge in [-0.2, -0.15) is 0 Å². The van der Waals surface area contributed by atoms with Gasteiger partial charge in [-0.15, -0.1) is 0 Å². The SMILES string of the molecule is CCCN1CCC(C2CCN(C)CC2)c2cc(/C=C3\SC(=O)NC3=O)ccc21. The van der Waals surface area contributed by atoms with E-state index in [1.54, 1.807) is 0 Å². The van der Waals surface area contributed by atoms with Crippen LogP contribution in [0.4, 0.5) is 10.5 Å². The first-order valence-electron chi connectivity index (χ1n) is 10.4. The van der Waals surface area contributed by atoms with E-state index >= 15 is 0 Å². The summed E-state index contributed by atoms with van der Waals surface area (Å²) in [5, 5.41) is 2.06. The van der Waals surface area contributed by atoms with Crippen molar-refractivity contribution in [3.8, 4) is 0 Å². The van der Waals surface area contributed by atoms with Crippen LogP contribution in [0.15, 0.2) is 23.1 Å². The molecule has 6 heteroatoms. The minimum atomic E-state index is -0.285. The van der Waals surface area contributed by atoms with Crippen LogP contribution in [0, 0.1) is 5.92 Å². The number of carbonyl (C=O) groups is 2. The average Bonchev–Trinajstić information content (AvgIpc) is 3.00. The predicted octanol–water partition coefficient (Wildman–Crippen LogP) is 4.06. The lowest BCUT2D eigenvalue weighted by Crippen LogP contribution is -2.37. The molecule has 5 nitrogen and oxygen atoms in total. The number of hydrogen-bond acceptors (Lipinski definition) is 5. The number of thioether (sulfide) groups is 1. The predicted molar refractivity (Wildman–Crippen MR) is 116 cm³/mol. The second-order valence-electron chi connectivity index (χ2n) is 8.19. The van der Waals surface area contributed by atoms with Crippen molar-refractivity contribution in [2.75, 3.05) is 38.1 Å². The molecule has 0 saturated carbocycles. The van der Waals surface area contributed by atoms with Gasteiger partial charge in [0.05, 0.1) is 4.91 Å². The number of rotatable bonds is 4. The quantitative estimate of drug-likeness (QED) is 0.774. The van der Waals surface area contributed by atoms with Crippen LogP contribution < -0.4 is 10.2 Å². The third-order valence-corrected chi connectivity index (χ3v) is 7.08. The third kappa shape index (κ3) is 3.98.